The number of nitrogens with one attached hydrogen (secondary N) is 1. The summed E-state index contributed by atoms with van der Waals surface area (Å²) in [5.41, 5.74) is 5.63. The summed E-state index contributed by atoms with van der Waals surface area (Å²) < 4.78 is 5.62. The quantitative estimate of drug-likeness (QED) is 0.825. The molecule has 2 aliphatic heterocycles. The SMILES string of the molecule is CSC1CCN(C(C)c2ccc3c(n2)OCCN3)C1.Cc1cc(C)nc(C)c1. The summed E-state index contributed by atoms with van der Waals surface area (Å²) >= 11 is 1.97. The molecule has 2 aliphatic rings. The van der Waals surface area contributed by atoms with Crippen LogP contribution in [0, 0.1) is 20.8 Å². The van der Waals surface area contributed by atoms with Gasteiger partial charge in [-0.3, -0.25) is 9.88 Å². The number of anilines is 1. The third kappa shape index (κ3) is 5.39. The van der Waals surface area contributed by atoms with E-state index in [1.807, 2.05) is 25.6 Å². The molecule has 1 N–H and O–H groups in total. The number of fused-ring (bicyclic) bond motifs is 1. The van der Waals surface area contributed by atoms with Crippen molar-refractivity contribution < 1.29 is 4.74 Å². The largest absolute Gasteiger partial charge is 0.474 e. The Kier molecular flexibility index (Phi) is 7.18. The van der Waals surface area contributed by atoms with Gasteiger partial charge in [-0.1, -0.05) is 0 Å². The predicted octanol–water partition coefficient (Wildman–Crippen LogP) is 4.39. The lowest BCUT2D eigenvalue weighted by molar-refractivity contribution is 0.254. The minimum atomic E-state index is 0.368. The lowest BCUT2D eigenvalue weighted by Crippen LogP contribution is -2.26. The molecule has 0 aliphatic carbocycles. The normalized spacial score (nSPS) is 19.7. The molecule has 2 atom stereocenters. The Balaban J connectivity index is 0.000000211. The van der Waals surface area contributed by atoms with Gasteiger partial charge < -0.3 is 10.1 Å². The van der Waals surface area contributed by atoms with Gasteiger partial charge in [0.1, 0.15) is 6.61 Å². The molecule has 5 nitrogen and oxygen atoms in total. The maximum atomic E-state index is 5.62. The number of aromatic nitrogens is 2. The molecule has 2 aromatic heterocycles. The van der Waals surface area contributed by atoms with Gasteiger partial charge in [0.15, 0.2) is 0 Å². The average Bonchev–Trinajstić information content (AvgIpc) is 3.15. The van der Waals surface area contributed by atoms with Gasteiger partial charge in [-0.15, -0.1) is 0 Å². The van der Waals surface area contributed by atoms with Crippen LogP contribution in [0.25, 0.3) is 0 Å². The standard InChI is InChI=1S/C14H21N3OS.C8H11N/c1-10(17-7-5-11(9-17)19-2)12-3-4-13-14(16-12)18-8-6-15-13;1-6-4-7(2)9-8(3)5-6/h3-4,10-11,15H,5-9H2,1-2H3;4-5H,1-3H3. The Bertz CT molecular complexity index is 748. The van der Waals surface area contributed by atoms with E-state index in [1.54, 1.807) is 0 Å². The van der Waals surface area contributed by atoms with Crippen molar-refractivity contribution >= 4 is 17.4 Å². The van der Waals surface area contributed by atoms with Crippen LogP contribution in [0.5, 0.6) is 5.88 Å². The van der Waals surface area contributed by atoms with E-state index in [2.05, 4.69) is 64.6 Å². The van der Waals surface area contributed by atoms with Gasteiger partial charge in [0.25, 0.3) is 0 Å². The fraction of sp³-hybridized carbons (Fsp3) is 0.545. The van der Waals surface area contributed by atoms with Gasteiger partial charge in [-0.05, 0) is 76.7 Å². The van der Waals surface area contributed by atoms with E-state index in [1.165, 1.54) is 25.1 Å². The predicted molar refractivity (Wildman–Crippen MR) is 119 cm³/mol. The number of hydrogen-bond donors (Lipinski definition) is 1. The summed E-state index contributed by atoms with van der Waals surface area (Å²) in [4.78, 5) is 11.4. The molecule has 6 heteroatoms. The zero-order valence-corrected chi connectivity index (χ0v) is 18.5. The Labute approximate surface area is 173 Å². The first-order valence-electron chi connectivity index (χ1n) is 10.0. The highest BCUT2D eigenvalue weighted by Crippen LogP contribution is 2.31. The van der Waals surface area contributed by atoms with Gasteiger partial charge in [-0.2, -0.15) is 11.8 Å². The molecule has 0 amide bonds. The lowest BCUT2D eigenvalue weighted by Gasteiger charge is -2.25. The molecular weight excluding hydrogens is 368 g/mol. The van der Waals surface area contributed by atoms with Gasteiger partial charge in [-0.25, -0.2) is 4.98 Å². The highest BCUT2D eigenvalue weighted by molar-refractivity contribution is 7.99. The molecule has 2 unspecified atom stereocenters. The van der Waals surface area contributed by atoms with Crippen LogP contribution in [0.1, 0.15) is 42.0 Å². The van der Waals surface area contributed by atoms with Crippen LogP contribution in [0.15, 0.2) is 24.3 Å². The molecule has 4 heterocycles. The summed E-state index contributed by atoms with van der Waals surface area (Å²) in [6.45, 7) is 12.3. The van der Waals surface area contributed by atoms with Crippen molar-refractivity contribution in [3.63, 3.8) is 0 Å². The molecule has 1 fully saturated rings. The number of hydrogen-bond acceptors (Lipinski definition) is 6. The number of aryl methyl sites for hydroxylation is 3. The molecule has 0 radical (unpaired) electrons. The second kappa shape index (κ2) is 9.61. The second-order valence-electron chi connectivity index (χ2n) is 7.61. The lowest BCUT2D eigenvalue weighted by atomic mass is 10.2. The summed E-state index contributed by atoms with van der Waals surface area (Å²) in [6, 6.07) is 8.74. The third-order valence-electron chi connectivity index (χ3n) is 5.25. The van der Waals surface area contributed by atoms with Crippen molar-refractivity contribution in [1.82, 2.24) is 14.9 Å². The summed E-state index contributed by atoms with van der Waals surface area (Å²) in [5.74, 6) is 0.760. The van der Waals surface area contributed by atoms with Crippen molar-refractivity contribution in [2.45, 2.75) is 45.4 Å². The fourth-order valence-corrected chi connectivity index (χ4v) is 4.48. The molecule has 4 rings (SSSR count). The zero-order chi connectivity index (χ0) is 20.1. The molecule has 0 saturated carbocycles. The smallest absolute Gasteiger partial charge is 0.237 e. The van der Waals surface area contributed by atoms with Crippen molar-refractivity contribution in [3.8, 4) is 5.88 Å². The van der Waals surface area contributed by atoms with Crippen LogP contribution in [-0.2, 0) is 0 Å². The molecule has 2 aromatic rings. The minimum Gasteiger partial charge on any atom is -0.474 e. The van der Waals surface area contributed by atoms with Gasteiger partial charge in [0.05, 0.1) is 11.4 Å². The molecular formula is C22H32N4OS. The topological polar surface area (TPSA) is 50.3 Å². The maximum Gasteiger partial charge on any atom is 0.237 e. The number of rotatable bonds is 3. The van der Waals surface area contributed by atoms with E-state index in [0.29, 0.717) is 12.6 Å². The number of likely N-dealkylation sites (tertiary alicyclic amines) is 1. The first-order valence-corrected chi connectivity index (χ1v) is 11.3. The minimum absolute atomic E-state index is 0.368. The van der Waals surface area contributed by atoms with Gasteiger partial charge >= 0.3 is 0 Å². The Morgan fingerprint density at radius 1 is 1.18 bits per heavy atom. The average molecular weight is 401 g/mol. The van der Waals surface area contributed by atoms with E-state index in [-0.39, 0.29) is 0 Å². The van der Waals surface area contributed by atoms with Gasteiger partial charge in [0.2, 0.25) is 5.88 Å². The molecule has 0 aromatic carbocycles. The van der Waals surface area contributed by atoms with Crippen molar-refractivity contribution in [2.24, 2.45) is 0 Å². The summed E-state index contributed by atoms with van der Waals surface area (Å²) in [6.07, 6.45) is 3.49. The summed E-state index contributed by atoms with van der Waals surface area (Å²) in [7, 11) is 0. The van der Waals surface area contributed by atoms with E-state index in [0.717, 1.165) is 40.4 Å². The van der Waals surface area contributed by atoms with E-state index in [9.17, 15) is 0 Å². The van der Waals surface area contributed by atoms with Gasteiger partial charge in [0, 0.05) is 35.8 Å². The Hall–Kier alpha value is -1.79. The van der Waals surface area contributed by atoms with E-state index in [4.69, 9.17) is 4.74 Å². The Morgan fingerprint density at radius 3 is 2.57 bits per heavy atom. The van der Waals surface area contributed by atoms with Crippen molar-refractivity contribution in [3.05, 3.63) is 46.9 Å². The molecule has 152 valence electrons. The molecule has 0 spiro atoms. The van der Waals surface area contributed by atoms with Crippen LogP contribution in [0.4, 0.5) is 5.69 Å². The van der Waals surface area contributed by atoms with Crippen molar-refractivity contribution in [2.75, 3.05) is 37.8 Å². The first-order chi connectivity index (χ1) is 13.5. The first kappa shape index (κ1) is 20.9. The zero-order valence-electron chi connectivity index (χ0n) is 17.7. The van der Waals surface area contributed by atoms with E-state index < -0.39 is 0 Å². The second-order valence-corrected chi connectivity index (χ2v) is 8.75. The van der Waals surface area contributed by atoms with Crippen LogP contribution < -0.4 is 10.1 Å². The monoisotopic (exact) mass is 400 g/mol. The Morgan fingerprint density at radius 2 is 1.93 bits per heavy atom. The van der Waals surface area contributed by atoms with Crippen LogP contribution in [0.2, 0.25) is 0 Å². The van der Waals surface area contributed by atoms with Crippen LogP contribution in [-0.4, -0.2) is 52.6 Å². The number of ether oxygens (including phenoxy) is 1. The maximum absolute atomic E-state index is 5.62. The fourth-order valence-electron chi connectivity index (χ4n) is 3.79. The molecule has 28 heavy (non-hydrogen) atoms. The third-order valence-corrected chi connectivity index (χ3v) is 6.30. The summed E-state index contributed by atoms with van der Waals surface area (Å²) in [5, 5.41) is 4.09. The van der Waals surface area contributed by atoms with E-state index >= 15 is 0 Å². The number of thioether (sulfide) groups is 1. The van der Waals surface area contributed by atoms with Crippen LogP contribution in [0.3, 0.4) is 0 Å². The van der Waals surface area contributed by atoms with Crippen molar-refractivity contribution in [1.29, 1.82) is 0 Å². The number of nitrogens with zero attached hydrogens (tertiary/aromatic N) is 3. The highest BCUT2D eigenvalue weighted by atomic mass is 32.2. The van der Waals surface area contributed by atoms with Crippen LogP contribution >= 0.6 is 11.8 Å². The number of pyridine rings is 2. The molecule has 1 saturated heterocycles. The highest BCUT2D eigenvalue weighted by Gasteiger charge is 2.27. The molecule has 0 bridgehead atoms.